The summed E-state index contributed by atoms with van der Waals surface area (Å²) < 4.78 is 0. The van der Waals surface area contributed by atoms with E-state index in [1.165, 1.54) is 0 Å². The van der Waals surface area contributed by atoms with Crippen molar-refractivity contribution in [2.24, 2.45) is 5.41 Å². The summed E-state index contributed by atoms with van der Waals surface area (Å²) in [5.74, 6) is 0.104. The van der Waals surface area contributed by atoms with Gasteiger partial charge in [0.2, 0.25) is 0 Å². The SMILES string of the molecule is CCCNc1ccncc1C(=O)N1CCC(C)(C)CC1. The second kappa shape index (κ2) is 6.25. The van der Waals surface area contributed by atoms with Crippen molar-refractivity contribution in [1.29, 1.82) is 0 Å². The summed E-state index contributed by atoms with van der Waals surface area (Å²) in [6.07, 6.45) is 6.58. The number of amides is 1. The number of carbonyl (C=O) groups excluding carboxylic acids is 1. The van der Waals surface area contributed by atoms with Crippen molar-refractivity contribution in [2.75, 3.05) is 25.0 Å². The van der Waals surface area contributed by atoms with Crippen LogP contribution < -0.4 is 5.32 Å². The highest BCUT2D eigenvalue weighted by Crippen LogP contribution is 2.30. The van der Waals surface area contributed by atoms with Crippen LogP contribution in [0.4, 0.5) is 5.69 Å². The molecule has 0 saturated carbocycles. The van der Waals surface area contributed by atoms with Crippen LogP contribution >= 0.6 is 0 Å². The minimum Gasteiger partial charge on any atom is -0.384 e. The molecule has 4 nitrogen and oxygen atoms in total. The molecule has 0 aliphatic carbocycles. The molecule has 0 spiro atoms. The Kier molecular flexibility index (Phi) is 4.63. The van der Waals surface area contributed by atoms with E-state index in [2.05, 4.69) is 31.1 Å². The minimum atomic E-state index is 0.104. The average Bonchev–Trinajstić information content (AvgIpc) is 2.45. The molecule has 4 heteroatoms. The van der Waals surface area contributed by atoms with E-state index in [-0.39, 0.29) is 5.91 Å². The predicted octanol–water partition coefficient (Wildman–Crippen LogP) is 3.17. The normalized spacial score (nSPS) is 17.9. The molecule has 0 atom stereocenters. The lowest BCUT2D eigenvalue weighted by atomic mass is 9.82. The number of hydrogen-bond donors (Lipinski definition) is 1. The summed E-state index contributed by atoms with van der Waals surface area (Å²) in [5.41, 5.74) is 1.95. The van der Waals surface area contributed by atoms with Crippen LogP contribution in [0.15, 0.2) is 18.5 Å². The van der Waals surface area contributed by atoms with Gasteiger partial charge in [-0.3, -0.25) is 9.78 Å². The second-order valence-corrected chi connectivity index (χ2v) is 6.30. The minimum absolute atomic E-state index is 0.104. The zero-order chi connectivity index (χ0) is 14.6. The number of hydrogen-bond acceptors (Lipinski definition) is 3. The van der Waals surface area contributed by atoms with E-state index in [0.717, 1.165) is 44.6 Å². The number of pyridine rings is 1. The third-order valence-corrected chi connectivity index (χ3v) is 4.02. The molecule has 1 aliphatic heterocycles. The molecule has 20 heavy (non-hydrogen) atoms. The van der Waals surface area contributed by atoms with Crippen molar-refractivity contribution in [2.45, 2.75) is 40.0 Å². The van der Waals surface area contributed by atoms with Crippen LogP contribution in [0.5, 0.6) is 0 Å². The Balaban J connectivity index is 2.09. The van der Waals surface area contributed by atoms with E-state index in [9.17, 15) is 4.79 Å². The number of aromatic nitrogens is 1. The van der Waals surface area contributed by atoms with E-state index in [1.807, 2.05) is 11.0 Å². The number of rotatable bonds is 4. The lowest BCUT2D eigenvalue weighted by molar-refractivity contribution is 0.0631. The molecule has 0 aromatic carbocycles. The van der Waals surface area contributed by atoms with Crippen LogP contribution in [-0.4, -0.2) is 35.4 Å². The molecule has 110 valence electrons. The highest BCUT2D eigenvalue weighted by atomic mass is 16.2. The van der Waals surface area contributed by atoms with Crippen molar-refractivity contribution < 1.29 is 4.79 Å². The van der Waals surface area contributed by atoms with Crippen LogP contribution in [0, 0.1) is 5.41 Å². The van der Waals surface area contributed by atoms with Gasteiger partial charge in [0.05, 0.1) is 11.3 Å². The smallest absolute Gasteiger partial charge is 0.257 e. The van der Waals surface area contributed by atoms with E-state index in [0.29, 0.717) is 11.0 Å². The molecule has 1 aliphatic rings. The number of piperidine rings is 1. The van der Waals surface area contributed by atoms with E-state index < -0.39 is 0 Å². The topological polar surface area (TPSA) is 45.2 Å². The van der Waals surface area contributed by atoms with E-state index in [1.54, 1.807) is 12.4 Å². The van der Waals surface area contributed by atoms with Gasteiger partial charge in [-0.25, -0.2) is 0 Å². The Bertz CT molecular complexity index is 461. The van der Waals surface area contributed by atoms with Gasteiger partial charge in [-0.1, -0.05) is 20.8 Å². The number of nitrogens with zero attached hydrogens (tertiary/aromatic N) is 2. The summed E-state index contributed by atoms with van der Waals surface area (Å²) in [5, 5.41) is 3.31. The Hall–Kier alpha value is -1.58. The van der Waals surface area contributed by atoms with Crippen molar-refractivity contribution in [1.82, 2.24) is 9.88 Å². The summed E-state index contributed by atoms with van der Waals surface area (Å²) in [7, 11) is 0. The fraction of sp³-hybridized carbons (Fsp3) is 0.625. The Morgan fingerprint density at radius 3 is 2.75 bits per heavy atom. The van der Waals surface area contributed by atoms with Gasteiger partial charge in [-0.2, -0.15) is 0 Å². The molecule has 0 bridgehead atoms. The maximum absolute atomic E-state index is 12.6. The Morgan fingerprint density at radius 2 is 2.10 bits per heavy atom. The summed E-state index contributed by atoms with van der Waals surface area (Å²) in [6.45, 7) is 9.21. The van der Waals surface area contributed by atoms with Crippen molar-refractivity contribution >= 4 is 11.6 Å². The third-order valence-electron chi connectivity index (χ3n) is 4.02. The highest BCUT2D eigenvalue weighted by Gasteiger charge is 2.29. The molecule has 0 unspecified atom stereocenters. The zero-order valence-corrected chi connectivity index (χ0v) is 12.8. The fourth-order valence-corrected chi connectivity index (χ4v) is 2.46. The quantitative estimate of drug-likeness (QED) is 0.918. The van der Waals surface area contributed by atoms with Crippen LogP contribution in [0.25, 0.3) is 0 Å². The highest BCUT2D eigenvalue weighted by molar-refractivity contribution is 5.99. The zero-order valence-electron chi connectivity index (χ0n) is 12.8. The maximum Gasteiger partial charge on any atom is 0.257 e. The first-order chi connectivity index (χ1) is 9.53. The van der Waals surface area contributed by atoms with Crippen molar-refractivity contribution in [3.05, 3.63) is 24.0 Å². The Labute approximate surface area is 121 Å². The lowest BCUT2D eigenvalue weighted by Crippen LogP contribution is -2.41. The molecule has 0 radical (unpaired) electrons. The molecule has 1 aromatic heterocycles. The summed E-state index contributed by atoms with van der Waals surface area (Å²) in [6, 6.07) is 1.89. The van der Waals surface area contributed by atoms with Gasteiger partial charge < -0.3 is 10.2 Å². The molecule has 1 aromatic rings. The molecule has 1 N–H and O–H groups in total. The molecule has 1 amide bonds. The van der Waals surface area contributed by atoms with Crippen molar-refractivity contribution in [3.63, 3.8) is 0 Å². The van der Waals surface area contributed by atoms with Crippen LogP contribution in [0.1, 0.15) is 50.4 Å². The first kappa shape index (κ1) is 14.8. The summed E-state index contributed by atoms with van der Waals surface area (Å²) >= 11 is 0. The second-order valence-electron chi connectivity index (χ2n) is 6.30. The Morgan fingerprint density at radius 1 is 1.40 bits per heavy atom. The third kappa shape index (κ3) is 3.50. The molecule has 2 heterocycles. The maximum atomic E-state index is 12.6. The fourth-order valence-electron chi connectivity index (χ4n) is 2.46. The van der Waals surface area contributed by atoms with Gasteiger partial charge in [-0.05, 0) is 30.7 Å². The lowest BCUT2D eigenvalue weighted by Gasteiger charge is -2.37. The largest absolute Gasteiger partial charge is 0.384 e. The van der Waals surface area contributed by atoms with Gasteiger partial charge in [-0.15, -0.1) is 0 Å². The van der Waals surface area contributed by atoms with Gasteiger partial charge in [0.1, 0.15) is 0 Å². The summed E-state index contributed by atoms with van der Waals surface area (Å²) in [4.78, 5) is 18.7. The standard InChI is InChI=1S/C16H25N3O/c1-4-8-18-14-5-9-17-12-13(14)15(20)19-10-6-16(2,3)7-11-19/h5,9,12H,4,6-8,10-11H2,1-3H3,(H,17,18). The number of nitrogens with one attached hydrogen (secondary N) is 1. The van der Waals surface area contributed by atoms with Gasteiger partial charge in [0.15, 0.2) is 0 Å². The van der Waals surface area contributed by atoms with E-state index in [4.69, 9.17) is 0 Å². The van der Waals surface area contributed by atoms with Crippen LogP contribution in [0.2, 0.25) is 0 Å². The van der Waals surface area contributed by atoms with Crippen molar-refractivity contribution in [3.8, 4) is 0 Å². The molecule has 1 saturated heterocycles. The predicted molar refractivity (Wildman–Crippen MR) is 81.9 cm³/mol. The number of likely N-dealkylation sites (tertiary alicyclic amines) is 1. The first-order valence-corrected chi connectivity index (χ1v) is 7.51. The van der Waals surface area contributed by atoms with E-state index >= 15 is 0 Å². The molecular formula is C16H25N3O. The van der Waals surface area contributed by atoms with Gasteiger partial charge >= 0.3 is 0 Å². The van der Waals surface area contributed by atoms with Crippen LogP contribution in [-0.2, 0) is 0 Å². The molecular weight excluding hydrogens is 250 g/mol. The molecule has 1 fully saturated rings. The van der Waals surface area contributed by atoms with Gasteiger partial charge in [0, 0.05) is 32.0 Å². The van der Waals surface area contributed by atoms with Gasteiger partial charge in [0.25, 0.3) is 5.91 Å². The number of anilines is 1. The van der Waals surface area contributed by atoms with Crippen LogP contribution in [0.3, 0.4) is 0 Å². The average molecular weight is 275 g/mol. The number of carbonyl (C=O) groups is 1. The monoisotopic (exact) mass is 275 g/mol. The molecule has 2 rings (SSSR count). The first-order valence-electron chi connectivity index (χ1n) is 7.51.